The molecule has 0 saturated carbocycles. The molecule has 0 amide bonds. The molecule has 1 aromatic rings. The molecule has 9 heteroatoms. The van der Waals surface area contributed by atoms with E-state index >= 15 is 0 Å². The largest absolute Gasteiger partial charge is 0.466 e. The summed E-state index contributed by atoms with van der Waals surface area (Å²) < 4.78 is 9.63. The topological polar surface area (TPSA) is 109 Å². The number of aliphatic hydroxyl groups excluding tert-OH is 2. The van der Waals surface area contributed by atoms with Crippen molar-refractivity contribution in [2.75, 3.05) is 26.8 Å². The van der Waals surface area contributed by atoms with Crippen molar-refractivity contribution in [2.45, 2.75) is 32.6 Å². The van der Waals surface area contributed by atoms with Crippen molar-refractivity contribution in [3.05, 3.63) is 15.6 Å². The van der Waals surface area contributed by atoms with Crippen molar-refractivity contribution in [3.63, 3.8) is 0 Å². The minimum Gasteiger partial charge on any atom is -0.466 e. The van der Waals surface area contributed by atoms with Crippen LogP contribution in [0.2, 0.25) is 0 Å². The van der Waals surface area contributed by atoms with Gasteiger partial charge in [0.25, 0.3) is 0 Å². The van der Waals surface area contributed by atoms with Gasteiger partial charge in [0.15, 0.2) is 0 Å². The van der Waals surface area contributed by atoms with Crippen LogP contribution in [0.25, 0.3) is 0 Å². The van der Waals surface area contributed by atoms with Crippen LogP contribution in [0.1, 0.15) is 27.3 Å². The molecule has 3 atom stereocenters. The Morgan fingerprint density at radius 3 is 2.71 bits per heavy atom. The highest BCUT2D eigenvalue weighted by Crippen LogP contribution is 2.25. The van der Waals surface area contributed by atoms with Gasteiger partial charge in [-0.1, -0.05) is 0 Å². The number of nitrogens with zero attached hydrogens (tertiary/aromatic N) is 2. The second-order valence-electron chi connectivity index (χ2n) is 5.63. The molecule has 134 valence electrons. The van der Waals surface area contributed by atoms with Crippen molar-refractivity contribution in [3.8, 4) is 0 Å². The molecule has 2 N–H and O–H groups in total. The van der Waals surface area contributed by atoms with Gasteiger partial charge in [-0.25, -0.2) is 9.78 Å². The standard InChI is InChI=1S/C15H22N2O6S/c1-4-23-14(20)9-5-17(6-10(18)12(9)19)7-11-8(2)16-13(24-11)15(21)22-3/h9-10,12,18-19H,4-7H2,1-3H3. The Morgan fingerprint density at radius 1 is 1.38 bits per heavy atom. The van der Waals surface area contributed by atoms with E-state index in [4.69, 9.17) is 4.74 Å². The van der Waals surface area contributed by atoms with Gasteiger partial charge in [0.1, 0.15) is 0 Å². The second kappa shape index (κ2) is 8.02. The number of piperidine rings is 1. The predicted molar refractivity (Wildman–Crippen MR) is 85.6 cm³/mol. The fourth-order valence-electron chi connectivity index (χ4n) is 2.65. The highest BCUT2D eigenvalue weighted by molar-refractivity contribution is 7.13. The Kier molecular flexibility index (Phi) is 6.27. The van der Waals surface area contributed by atoms with Crippen molar-refractivity contribution in [2.24, 2.45) is 5.92 Å². The van der Waals surface area contributed by atoms with E-state index in [2.05, 4.69) is 9.72 Å². The zero-order valence-electron chi connectivity index (χ0n) is 13.9. The first-order chi connectivity index (χ1) is 11.4. The molecule has 1 aliphatic heterocycles. The third-order valence-electron chi connectivity index (χ3n) is 3.92. The van der Waals surface area contributed by atoms with Gasteiger partial charge in [-0.15, -0.1) is 11.3 Å². The minimum atomic E-state index is -1.14. The van der Waals surface area contributed by atoms with Crippen LogP contribution >= 0.6 is 11.3 Å². The maximum Gasteiger partial charge on any atom is 0.367 e. The average molecular weight is 358 g/mol. The molecule has 24 heavy (non-hydrogen) atoms. The average Bonchev–Trinajstić information content (AvgIpc) is 2.91. The number of aliphatic hydroxyl groups is 2. The van der Waals surface area contributed by atoms with E-state index < -0.39 is 30.1 Å². The zero-order valence-corrected chi connectivity index (χ0v) is 14.7. The molecule has 1 aromatic heterocycles. The Morgan fingerprint density at radius 2 is 2.08 bits per heavy atom. The third-order valence-corrected chi connectivity index (χ3v) is 5.04. The molecule has 2 rings (SSSR count). The molecular formula is C15H22N2O6S. The fraction of sp³-hybridized carbons (Fsp3) is 0.667. The normalized spacial score (nSPS) is 24.6. The molecule has 2 heterocycles. The zero-order chi connectivity index (χ0) is 17.9. The number of esters is 2. The summed E-state index contributed by atoms with van der Waals surface area (Å²) in [5.74, 6) is -1.82. The summed E-state index contributed by atoms with van der Waals surface area (Å²) in [4.78, 5) is 30.4. The van der Waals surface area contributed by atoms with Crippen LogP contribution in [0.3, 0.4) is 0 Å². The number of hydrogen-bond acceptors (Lipinski definition) is 9. The lowest BCUT2D eigenvalue weighted by molar-refractivity contribution is -0.162. The molecule has 1 aliphatic rings. The van der Waals surface area contributed by atoms with E-state index in [1.807, 2.05) is 4.90 Å². The molecule has 0 aromatic carbocycles. The van der Waals surface area contributed by atoms with E-state index in [0.29, 0.717) is 12.2 Å². The number of carbonyl (C=O) groups excluding carboxylic acids is 2. The van der Waals surface area contributed by atoms with Crippen LogP contribution in [0, 0.1) is 12.8 Å². The summed E-state index contributed by atoms with van der Waals surface area (Å²) >= 11 is 1.22. The number of thiazole rings is 1. The van der Waals surface area contributed by atoms with Crippen LogP contribution in [-0.4, -0.2) is 71.0 Å². The number of likely N-dealkylation sites (tertiary alicyclic amines) is 1. The number of β-amino-alcohol motifs (C(OH)–C–C–N with tert-alkyl or cyclic N) is 1. The van der Waals surface area contributed by atoms with Crippen LogP contribution in [0.15, 0.2) is 0 Å². The highest BCUT2D eigenvalue weighted by Gasteiger charge is 2.40. The minimum absolute atomic E-state index is 0.217. The third kappa shape index (κ3) is 4.10. The number of carbonyl (C=O) groups is 2. The Bertz CT molecular complexity index is 605. The lowest BCUT2D eigenvalue weighted by Crippen LogP contribution is -2.54. The van der Waals surface area contributed by atoms with E-state index in [-0.39, 0.29) is 24.7 Å². The Balaban J connectivity index is 2.10. The number of rotatable bonds is 5. The van der Waals surface area contributed by atoms with Crippen LogP contribution < -0.4 is 0 Å². The van der Waals surface area contributed by atoms with E-state index in [9.17, 15) is 19.8 Å². The van der Waals surface area contributed by atoms with Crippen molar-refractivity contribution < 1.29 is 29.3 Å². The molecule has 0 bridgehead atoms. The van der Waals surface area contributed by atoms with Crippen molar-refractivity contribution in [1.82, 2.24) is 9.88 Å². The van der Waals surface area contributed by atoms with Gasteiger partial charge in [0.05, 0.1) is 37.5 Å². The van der Waals surface area contributed by atoms with Gasteiger partial charge >= 0.3 is 11.9 Å². The monoisotopic (exact) mass is 358 g/mol. The predicted octanol–water partition coefficient (Wildman–Crippen LogP) is -0.0452. The molecule has 8 nitrogen and oxygen atoms in total. The number of aromatic nitrogens is 1. The number of hydrogen-bond donors (Lipinski definition) is 2. The maximum atomic E-state index is 12.0. The van der Waals surface area contributed by atoms with Crippen molar-refractivity contribution >= 4 is 23.3 Å². The lowest BCUT2D eigenvalue weighted by atomic mass is 9.92. The van der Waals surface area contributed by atoms with Gasteiger partial charge < -0.3 is 19.7 Å². The number of aryl methyl sites for hydroxylation is 1. The van der Waals surface area contributed by atoms with E-state index in [1.165, 1.54) is 18.4 Å². The molecule has 0 radical (unpaired) electrons. The van der Waals surface area contributed by atoms with Gasteiger partial charge in [0, 0.05) is 24.5 Å². The number of ether oxygens (including phenoxy) is 2. The summed E-state index contributed by atoms with van der Waals surface area (Å²) in [6, 6.07) is 0. The van der Waals surface area contributed by atoms with E-state index in [0.717, 1.165) is 4.88 Å². The first kappa shape index (κ1) is 18.8. The number of methoxy groups -OCH3 is 1. The lowest BCUT2D eigenvalue weighted by Gasteiger charge is -2.37. The summed E-state index contributed by atoms with van der Waals surface area (Å²) in [7, 11) is 1.30. The Labute approximate surface area is 144 Å². The summed E-state index contributed by atoms with van der Waals surface area (Å²) in [6.07, 6.45) is -2.19. The molecule has 1 saturated heterocycles. The van der Waals surface area contributed by atoms with Gasteiger partial charge in [-0.2, -0.15) is 0 Å². The summed E-state index contributed by atoms with van der Waals surface area (Å²) in [5, 5.41) is 20.3. The molecule has 0 aliphatic carbocycles. The smallest absolute Gasteiger partial charge is 0.367 e. The van der Waals surface area contributed by atoms with Gasteiger partial charge in [0.2, 0.25) is 5.01 Å². The SMILES string of the molecule is CCOC(=O)C1CN(Cc2sc(C(=O)OC)nc2C)CC(O)C1O. The molecule has 3 unspecified atom stereocenters. The van der Waals surface area contributed by atoms with Crippen LogP contribution in [0.4, 0.5) is 0 Å². The molecule has 0 spiro atoms. The second-order valence-corrected chi connectivity index (χ2v) is 6.71. The Hall–Kier alpha value is -1.55. The van der Waals surface area contributed by atoms with Crippen molar-refractivity contribution in [1.29, 1.82) is 0 Å². The van der Waals surface area contributed by atoms with E-state index in [1.54, 1.807) is 13.8 Å². The van der Waals surface area contributed by atoms with Crippen LogP contribution in [-0.2, 0) is 20.8 Å². The highest BCUT2D eigenvalue weighted by atomic mass is 32.1. The quantitative estimate of drug-likeness (QED) is 0.706. The van der Waals surface area contributed by atoms with Crippen LogP contribution in [0.5, 0.6) is 0 Å². The summed E-state index contributed by atoms with van der Waals surface area (Å²) in [6.45, 7) is 4.60. The van der Waals surface area contributed by atoms with Gasteiger partial charge in [-0.05, 0) is 13.8 Å². The molecular weight excluding hydrogens is 336 g/mol. The summed E-state index contributed by atoms with van der Waals surface area (Å²) in [5.41, 5.74) is 0.702. The maximum absolute atomic E-state index is 12.0. The fourth-order valence-corrected chi connectivity index (χ4v) is 3.67. The molecule has 1 fully saturated rings. The first-order valence-corrected chi connectivity index (χ1v) is 8.48. The first-order valence-electron chi connectivity index (χ1n) is 7.67. The van der Waals surface area contributed by atoms with Gasteiger partial charge in [-0.3, -0.25) is 9.69 Å².